The Morgan fingerprint density at radius 3 is 2.00 bits per heavy atom. The smallest absolute Gasteiger partial charge is 0.0107 e. The Labute approximate surface area is 101 Å². The molecule has 0 radical (unpaired) electrons. The molecule has 0 unspecified atom stereocenters. The zero-order valence-corrected chi connectivity index (χ0v) is 10.9. The predicted molar refractivity (Wildman–Crippen MR) is 67.9 cm³/mol. The fraction of sp³-hybridized carbons (Fsp3) is 1.00. The minimum atomic E-state index is 0. The summed E-state index contributed by atoms with van der Waals surface area (Å²) in [6.07, 6.45) is 2.67. The third-order valence-electron chi connectivity index (χ3n) is 2.88. The van der Waals surface area contributed by atoms with Crippen LogP contribution >= 0.6 is 24.8 Å². The van der Waals surface area contributed by atoms with E-state index in [1.165, 1.54) is 45.6 Å². The van der Waals surface area contributed by atoms with Crippen molar-refractivity contribution in [1.82, 2.24) is 10.2 Å². The molecule has 1 aliphatic heterocycles. The van der Waals surface area contributed by atoms with Crippen LogP contribution in [-0.2, 0) is 0 Å². The van der Waals surface area contributed by atoms with Gasteiger partial charge in [0.1, 0.15) is 0 Å². The molecule has 1 rings (SSSR count). The van der Waals surface area contributed by atoms with Crippen LogP contribution in [-0.4, -0.2) is 37.6 Å². The Hall–Kier alpha value is 0.500. The van der Waals surface area contributed by atoms with Gasteiger partial charge in [0, 0.05) is 32.7 Å². The molecular weight excluding hydrogens is 219 g/mol. The van der Waals surface area contributed by atoms with E-state index in [-0.39, 0.29) is 24.8 Å². The molecule has 0 bridgehead atoms. The molecule has 4 heteroatoms. The van der Waals surface area contributed by atoms with Crippen molar-refractivity contribution in [2.75, 3.05) is 32.7 Å². The highest BCUT2D eigenvalue weighted by Crippen LogP contribution is 2.09. The van der Waals surface area contributed by atoms with E-state index in [2.05, 4.69) is 24.1 Å². The fourth-order valence-electron chi connectivity index (χ4n) is 1.81. The predicted octanol–water partition coefficient (Wildman–Crippen LogP) is 2.17. The maximum absolute atomic E-state index is 3.38. The highest BCUT2D eigenvalue weighted by molar-refractivity contribution is 5.85. The van der Waals surface area contributed by atoms with Crippen LogP contribution in [0.1, 0.15) is 26.7 Å². The van der Waals surface area contributed by atoms with Gasteiger partial charge in [-0.2, -0.15) is 0 Å². The summed E-state index contributed by atoms with van der Waals surface area (Å²) in [4.78, 5) is 2.59. The third-order valence-corrected chi connectivity index (χ3v) is 2.88. The third kappa shape index (κ3) is 6.07. The number of piperazine rings is 1. The molecule has 0 atom stereocenters. The van der Waals surface area contributed by atoms with E-state index >= 15 is 0 Å². The largest absolute Gasteiger partial charge is 0.314 e. The van der Waals surface area contributed by atoms with Crippen LogP contribution in [0.4, 0.5) is 0 Å². The van der Waals surface area contributed by atoms with Crippen molar-refractivity contribution in [3.63, 3.8) is 0 Å². The zero-order chi connectivity index (χ0) is 8.81. The topological polar surface area (TPSA) is 15.3 Å². The van der Waals surface area contributed by atoms with E-state index in [4.69, 9.17) is 0 Å². The number of rotatable bonds is 4. The lowest BCUT2D eigenvalue weighted by atomic mass is 10.0. The van der Waals surface area contributed by atoms with E-state index < -0.39 is 0 Å². The summed E-state index contributed by atoms with van der Waals surface area (Å²) < 4.78 is 0. The molecule has 1 fully saturated rings. The van der Waals surface area contributed by atoms with E-state index in [1.807, 2.05) is 0 Å². The summed E-state index contributed by atoms with van der Waals surface area (Å²) in [5, 5.41) is 3.38. The van der Waals surface area contributed by atoms with Crippen LogP contribution in [0.2, 0.25) is 0 Å². The lowest BCUT2D eigenvalue weighted by Crippen LogP contribution is -2.45. The Bertz CT molecular complexity index is 113. The summed E-state index contributed by atoms with van der Waals surface area (Å²) in [6.45, 7) is 10.8. The summed E-state index contributed by atoms with van der Waals surface area (Å²) in [7, 11) is 0. The van der Waals surface area contributed by atoms with Crippen molar-refractivity contribution in [2.24, 2.45) is 5.92 Å². The van der Waals surface area contributed by atoms with Gasteiger partial charge in [0.15, 0.2) is 0 Å². The summed E-state index contributed by atoms with van der Waals surface area (Å²) in [5.41, 5.74) is 0. The van der Waals surface area contributed by atoms with Crippen molar-refractivity contribution in [1.29, 1.82) is 0 Å². The highest BCUT2D eigenvalue weighted by atomic mass is 35.5. The molecule has 1 aliphatic rings. The first-order valence-corrected chi connectivity index (χ1v) is 5.29. The van der Waals surface area contributed by atoms with Gasteiger partial charge >= 0.3 is 0 Å². The fourth-order valence-corrected chi connectivity index (χ4v) is 1.81. The van der Waals surface area contributed by atoms with Gasteiger partial charge in [0.2, 0.25) is 0 Å². The highest BCUT2D eigenvalue weighted by Gasteiger charge is 2.12. The Balaban J connectivity index is 0. The lowest BCUT2D eigenvalue weighted by molar-refractivity contribution is 0.200. The zero-order valence-electron chi connectivity index (χ0n) is 9.29. The summed E-state index contributed by atoms with van der Waals surface area (Å²) in [6, 6.07) is 0. The second kappa shape index (κ2) is 10.0. The standard InChI is InChI=1S/C10H22N2.2ClH/c1-3-10(4-2)9-12-7-5-11-6-8-12;;/h10-11H,3-9H2,1-2H3;2*1H. The van der Waals surface area contributed by atoms with Crippen LogP contribution in [0, 0.1) is 5.92 Å². The second-order valence-electron chi connectivity index (χ2n) is 3.73. The molecular formula is C10H24Cl2N2. The minimum absolute atomic E-state index is 0. The van der Waals surface area contributed by atoms with Gasteiger partial charge in [-0.05, 0) is 5.92 Å². The molecule has 0 aliphatic carbocycles. The number of hydrogen-bond donors (Lipinski definition) is 1. The van der Waals surface area contributed by atoms with Gasteiger partial charge in [-0.25, -0.2) is 0 Å². The maximum atomic E-state index is 3.38. The van der Waals surface area contributed by atoms with Gasteiger partial charge in [-0.3, -0.25) is 0 Å². The lowest BCUT2D eigenvalue weighted by Gasteiger charge is -2.30. The van der Waals surface area contributed by atoms with E-state index in [0.29, 0.717) is 0 Å². The first-order valence-electron chi connectivity index (χ1n) is 5.29. The van der Waals surface area contributed by atoms with Crippen LogP contribution < -0.4 is 5.32 Å². The summed E-state index contributed by atoms with van der Waals surface area (Å²) >= 11 is 0. The van der Waals surface area contributed by atoms with Crippen molar-refractivity contribution < 1.29 is 0 Å². The SMILES string of the molecule is CCC(CC)CN1CCNCC1.Cl.Cl. The average Bonchev–Trinajstić information content (AvgIpc) is 2.16. The molecule has 0 amide bonds. The second-order valence-corrected chi connectivity index (χ2v) is 3.73. The molecule has 0 aromatic carbocycles. The number of hydrogen-bond acceptors (Lipinski definition) is 2. The van der Waals surface area contributed by atoms with Crippen molar-refractivity contribution >= 4 is 24.8 Å². The average molecular weight is 243 g/mol. The number of nitrogens with zero attached hydrogens (tertiary/aromatic N) is 1. The maximum Gasteiger partial charge on any atom is 0.0107 e. The van der Waals surface area contributed by atoms with E-state index in [0.717, 1.165) is 5.92 Å². The van der Waals surface area contributed by atoms with E-state index in [1.54, 1.807) is 0 Å². The first-order chi connectivity index (χ1) is 5.86. The Morgan fingerprint density at radius 1 is 1.07 bits per heavy atom. The first kappa shape index (κ1) is 16.9. The molecule has 1 heterocycles. The molecule has 0 spiro atoms. The molecule has 0 aromatic heterocycles. The number of halogens is 2. The minimum Gasteiger partial charge on any atom is -0.314 e. The molecule has 14 heavy (non-hydrogen) atoms. The summed E-state index contributed by atoms with van der Waals surface area (Å²) in [5.74, 6) is 0.920. The van der Waals surface area contributed by atoms with Crippen molar-refractivity contribution in [3.05, 3.63) is 0 Å². The van der Waals surface area contributed by atoms with E-state index in [9.17, 15) is 0 Å². The van der Waals surface area contributed by atoms with Gasteiger partial charge < -0.3 is 10.2 Å². The Kier molecular flexibility index (Phi) is 12.1. The number of nitrogens with one attached hydrogen (secondary N) is 1. The quantitative estimate of drug-likeness (QED) is 0.814. The van der Waals surface area contributed by atoms with Gasteiger partial charge in [0.05, 0.1) is 0 Å². The normalized spacial score (nSPS) is 17.4. The van der Waals surface area contributed by atoms with Crippen LogP contribution in [0.15, 0.2) is 0 Å². The van der Waals surface area contributed by atoms with Crippen molar-refractivity contribution in [2.45, 2.75) is 26.7 Å². The van der Waals surface area contributed by atoms with Gasteiger partial charge in [0.25, 0.3) is 0 Å². The monoisotopic (exact) mass is 242 g/mol. The van der Waals surface area contributed by atoms with Crippen LogP contribution in [0.5, 0.6) is 0 Å². The molecule has 0 saturated carbocycles. The molecule has 1 N–H and O–H groups in total. The van der Waals surface area contributed by atoms with Gasteiger partial charge in [-0.1, -0.05) is 26.7 Å². The van der Waals surface area contributed by atoms with Crippen LogP contribution in [0.3, 0.4) is 0 Å². The van der Waals surface area contributed by atoms with Crippen molar-refractivity contribution in [3.8, 4) is 0 Å². The molecule has 2 nitrogen and oxygen atoms in total. The molecule has 1 saturated heterocycles. The molecule has 88 valence electrons. The van der Waals surface area contributed by atoms with Gasteiger partial charge in [-0.15, -0.1) is 24.8 Å². The Morgan fingerprint density at radius 2 is 1.57 bits per heavy atom. The molecule has 0 aromatic rings. The van der Waals surface area contributed by atoms with Crippen LogP contribution in [0.25, 0.3) is 0 Å².